The molecule has 1 aromatic rings. The Morgan fingerprint density at radius 2 is 2.35 bits per heavy atom. The topological polar surface area (TPSA) is 32.3 Å². The Morgan fingerprint density at radius 1 is 1.48 bits per heavy atom. The number of nitrogens with zero attached hydrogens (tertiary/aromatic N) is 1. The summed E-state index contributed by atoms with van der Waals surface area (Å²) >= 11 is 7.93. The zero-order valence-corrected chi connectivity index (χ0v) is 15.3. The number of rotatable bonds is 4. The lowest BCUT2D eigenvalue weighted by atomic mass is 9.87. The first-order valence-electron chi connectivity index (χ1n) is 8.79. The summed E-state index contributed by atoms with van der Waals surface area (Å²) in [6, 6.07) is 1.97. The third kappa shape index (κ3) is 3.18. The Kier molecular flexibility index (Phi) is 4.19. The van der Waals surface area contributed by atoms with E-state index in [0.29, 0.717) is 11.8 Å². The third-order valence-corrected chi connectivity index (χ3v) is 7.48. The van der Waals surface area contributed by atoms with Crippen LogP contribution in [0.2, 0.25) is 5.02 Å². The van der Waals surface area contributed by atoms with Crippen LogP contribution in [0.4, 0.5) is 0 Å². The lowest BCUT2D eigenvalue weighted by Gasteiger charge is -2.30. The average molecular weight is 353 g/mol. The van der Waals surface area contributed by atoms with E-state index >= 15 is 0 Å². The second-order valence-electron chi connectivity index (χ2n) is 7.98. The van der Waals surface area contributed by atoms with Gasteiger partial charge in [-0.1, -0.05) is 18.0 Å². The van der Waals surface area contributed by atoms with E-state index in [-0.39, 0.29) is 11.5 Å². The number of hydrogen-bond donors (Lipinski definition) is 1. The zero-order chi connectivity index (χ0) is 16.0. The molecule has 5 heteroatoms. The molecule has 0 aromatic carbocycles. The minimum Gasteiger partial charge on any atom is -0.349 e. The fraction of sp³-hybridized carbons (Fsp3) is 0.722. The summed E-state index contributed by atoms with van der Waals surface area (Å²) in [7, 11) is 0. The fourth-order valence-corrected chi connectivity index (χ4v) is 6.03. The molecule has 2 heterocycles. The van der Waals surface area contributed by atoms with Crippen LogP contribution in [0.25, 0.3) is 0 Å². The van der Waals surface area contributed by atoms with Gasteiger partial charge in [-0.05, 0) is 55.9 Å². The van der Waals surface area contributed by atoms with Crippen molar-refractivity contribution >= 4 is 28.8 Å². The highest BCUT2D eigenvalue weighted by atomic mass is 35.5. The molecule has 3 fully saturated rings. The van der Waals surface area contributed by atoms with Gasteiger partial charge in [0, 0.05) is 30.4 Å². The molecule has 1 amide bonds. The van der Waals surface area contributed by atoms with Crippen molar-refractivity contribution in [2.75, 3.05) is 13.1 Å². The summed E-state index contributed by atoms with van der Waals surface area (Å²) in [4.78, 5) is 16.4. The van der Waals surface area contributed by atoms with Gasteiger partial charge < -0.3 is 5.32 Å². The normalized spacial score (nSPS) is 36.7. The van der Waals surface area contributed by atoms with Crippen molar-refractivity contribution < 1.29 is 4.79 Å². The first-order chi connectivity index (χ1) is 11.0. The van der Waals surface area contributed by atoms with E-state index < -0.39 is 0 Å². The van der Waals surface area contributed by atoms with E-state index in [2.05, 4.69) is 17.1 Å². The molecule has 3 nitrogen and oxygen atoms in total. The maximum atomic E-state index is 12.7. The fourth-order valence-electron chi connectivity index (χ4n) is 4.89. The van der Waals surface area contributed by atoms with Crippen LogP contribution in [0.1, 0.15) is 43.9 Å². The molecule has 0 radical (unpaired) electrons. The molecule has 2 bridgehead atoms. The minimum absolute atomic E-state index is 0.0807. The number of carbonyl (C=O) groups is 1. The number of hydrogen-bond acceptors (Lipinski definition) is 3. The molecule has 23 heavy (non-hydrogen) atoms. The summed E-state index contributed by atoms with van der Waals surface area (Å²) in [5.41, 5.74) is -0.0807. The molecular formula is C18H25ClN2OS. The van der Waals surface area contributed by atoms with Crippen LogP contribution < -0.4 is 5.32 Å². The summed E-state index contributed by atoms with van der Waals surface area (Å²) in [5.74, 6) is 2.08. The third-order valence-electron chi connectivity index (χ3n) is 6.11. The van der Waals surface area contributed by atoms with E-state index in [4.69, 9.17) is 11.6 Å². The molecule has 4 atom stereocenters. The number of amides is 1. The Balaban J connectivity index is 1.34. The van der Waals surface area contributed by atoms with Crippen molar-refractivity contribution in [3.05, 3.63) is 21.3 Å². The van der Waals surface area contributed by atoms with Gasteiger partial charge in [-0.15, -0.1) is 11.3 Å². The van der Waals surface area contributed by atoms with Crippen LogP contribution in [-0.4, -0.2) is 29.4 Å². The van der Waals surface area contributed by atoms with Gasteiger partial charge in [0.15, 0.2) is 0 Å². The molecule has 4 rings (SSSR count). The Bertz CT molecular complexity index is 604. The van der Waals surface area contributed by atoms with E-state index in [1.54, 1.807) is 11.3 Å². The molecule has 2 saturated carbocycles. The van der Waals surface area contributed by atoms with Crippen LogP contribution in [0, 0.1) is 17.8 Å². The number of nitrogens with one attached hydrogen (secondary N) is 1. The lowest BCUT2D eigenvalue weighted by molar-refractivity contribution is -0.128. The molecule has 1 saturated heterocycles. The molecule has 1 N–H and O–H groups in total. The van der Waals surface area contributed by atoms with Crippen LogP contribution in [0.5, 0.6) is 0 Å². The van der Waals surface area contributed by atoms with Gasteiger partial charge >= 0.3 is 0 Å². The molecule has 0 spiro atoms. The largest absolute Gasteiger partial charge is 0.349 e. The van der Waals surface area contributed by atoms with Crippen molar-refractivity contribution in [3.63, 3.8) is 0 Å². The molecular weight excluding hydrogens is 328 g/mol. The summed E-state index contributed by atoms with van der Waals surface area (Å²) < 4.78 is 0. The van der Waals surface area contributed by atoms with Gasteiger partial charge in [0.1, 0.15) is 0 Å². The molecule has 1 aromatic heterocycles. The highest BCUT2D eigenvalue weighted by Crippen LogP contribution is 2.48. The predicted molar refractivity (Wildman–Crippen MR) is 94.7 cm³/mol. The molecule has 1 aliphatic heterocycles. The van der Waals surface area contributed by atoms with E-state index in [0.717, 1.165) is 43.4 Å². The zero-order valence-electron chi connectivity index (χ0n) is 13.7. The first-order valence-corrected chi connectivity index (χ1v) is 10.0. The van der Waals surface area contributed by atoms with Gasteiger partial charge in [0.25, 0.3) is 0 Å². The average Bonchev–Trinajstić information content (AvgIpc) is 3.26. The predicted octanol–water partition coefficient (Wildman–Crippen LogP) is 3.92. The van der Waals surface area contributed by atoms with Crippen molar-refractivity contribution in [2.45, 2.75) is 51.1 Å². The highest BCUT2D eigenvalue weighted by molar-refractivity contribution is 7.10. The van der Waals surface area contributed by atoms with Crippen LogP contribution in [0.15, 0.2) is 11.4 Å². The molecule has 3 aliphatic rings. The van der Waals surface area contributed by atoms with E-state index in [1.807, 2.05) is 11.4 Å². The van der Waals surface area contributed by atoms with Crippen LogP contribution in [-0.2, 0) is 11.3 Å². The van der Waals surface area contributed by atoms with Crippen LogP contribution in [0.3, 0.4) is 0 Å². The SMILES string of the molecule is CC1(NC(=O)C2CC3CCC2C3)CCN(Cc2sccc2Cl)C1. The van der Waals surface area contributed by atoms with Crippen LogP contribution >= 0.6 is 22.9 Å². The summed E-state index contributed by atoms with van der Waals surface area (Å²) in [6.45, 7) is 5.06. The Hall–Kier alpha value is -0.580. The first kappa shape index (κ1) is 15.9. The number of carbonyl (C=O) groups excluding carboxylic acids is 1. The van der Waals surface area contributed by atoms with Crippen molar-refractivity contribution in [3.8, 4) is 0 Å². The molecule has 4 unspecified atom stereocenters. The quantitative estimate of drug-likeness (QED) is 0.890. The Labute approximate surface area is 147 Å². The summed E-state index contributed by atoms with van der Waals surface area (Å²) in [5, 5.41) is 6.31. The van der Waals surface area contributed by atoms with Gasteiger partial charge in [-0.2, -0.15) is 0 Å². The maximum absolute atomic E-state index is 12.7. The minimum atomic E-state index is -0.0807. The number of likely N-dealkylation sites (tertiary alicyclic amines) is 1. The highest BCUT2D eigenvalue weighted by Gasteiger charge is 2.45. The number of fused-ring (bicyclic) bond motifs is 2. The molecule has 2 aliphatic carbocycles. The van der Waals surface area contributed by atoms with Gasteiger partial charge in [0.2, 0.25) is 5.91 Å². The maximum Gasteiger partial charge on any atom is 0.223 e. The van der Waals surface area contributed by atoms with E-state index in [9.17, 15) is 4.79 Å². The second-order valence-corrected chi connectivity index (χ2v) is 9.39. The van der Waals surface area contributed by atoms with Gasteiger partial charge in [0.05, 0.1) is 10.6 Å². The monoisotopic (exact) mass is 352 g/mol. The van der Waals surface area contributed by atoms with Gasteiger partial charge in [-0.3, -0.25) is 9.69 Å². The smallest absolute Gasteiger partial charge is 0.223 e. The van der Waals surface area contributed by atoms with Crippen molar-refractivity contribution in [2.24, 2.45) is 17.8 Å². The Morgan fingerprint density at radius 3 is 3.00 bits per heavy atom. The number of thiophene rings is 1. The van der Waals surface area contributed by atoms with Crippen molar-refractivity contribution in [1.82, 2.24) is 10.2 Å². The van der Waals surface area contributed by atoms with Gasteiger partial charge in [-0.25, -0.2) is 0 Å². The number of halogens is 1. The molecule has 126 valence electrons. The van der Waals surface area contributed by atoms with Crippen molar-refractivity contribution in [1.29, 1.82) is 0 Å². The summed E-state index contributed by atoms with van der Waals surface area (Å²) in [6.07, 6.45) is 6.06. The standard InChI is InChI=1S/C18H25ClN2OS/c1-18(20-17(22)14-9-12-2-3-13(14)8-12)5-6-21(11-18)10-16-15(19)4-7-23-16/h4,7,12-14H,2-3,5-6,8-11H2,1H3,(H,20,22). The lowest BCUT2D eigenvalue weighted by Crippen LogP contribution is -2.50. The van der Waals surface area contributed by atoms with E-state index in [1.165, 1.54) is 24.1 Å². The second kappa shape index (κ2) is 6.05.